The van der Waals surface area contributed by atoms with Crippen LogP contribution in [0.5, 0.6) is 0 Å². The van der Waals surface area contributed by atoms with Crippen molar-refractivity contribution in [3.63, 3.8) is 0 Å². The molecular weight excluding hydrogens is 278 g/mol. The van der Waals surface area contributed by atoms with E-state index < -0.39 is 0 Å². The number of esters is 1. The van der Waals surface area contributed by atoms with Gasteiger partial charge in [-0.3, -0.25) is 0 Å². The van der Waals surface area contributed by atoms with E-state index in [0.717, 1.165) is 37.7 Å². The fourth-order valence-corrected chi connectivity index (χ4v) is 3.62. The van der Waals surface area contributed by atoms with Crippen LogP contribution in [0, 0.1) is 5.92 Å². The number of carbonyl (C=O) groups is 1. The van der Waals surface area contributed by atoms with Gasteiger partial charge >= 0.3 is 5.97 Å². The van der Waals surface area contributed by atoms with E-state index in [1.54, 1.807) is 12.1 Å². The zero-order valence-corrected chi connectivity index (χ0v) is 12.8. The topological polar surface area (TPSA) is 90.7 Å². The average Bonchev–Trinajstić information content (AvgIpc) is 2.54. The number of guanidine groups is 1. The molecule has 0 aromatic heterocycles. The second kappa shape index (κ2) is 6.38. The minimum atomic E-state index is -0.204. The van der Waals surface area contributed by atoms with Gasteiger partial charge in [-0.15, -0.1) is 0 Å². The second-order valence-corrected chi connectivity index (χ2v) is 6.26. The molecule has 0 radical (unpaired) electrons. The summed E-state index contributed by atoms with van der Waals surface area (Å²) in [6.07, 6.45) is 7.71. The second-order valence-electron chi connectivity index (χ2n) is 6.26. The van der Waals surface area contributed by atoms with Crippen LogP contribution in [0.2, 0.25) is 0 Å². The molecule has 118 valence electrons. The highest BCUT2D eigenvalue weighted by molar-refractivity contribution is 5.92. The number of rotatable bonds is 1. The lowest BCUT2D eigenvalue weighted by atomic mass is 9.83. The predicted molar refractivity (Wildman–Crippen MR) is 86.0 cm³/mol. The molecule has 22 heavy (non-hydrogen) atoms. The van der Waals surface area contributed by atoms with Crippen LogP contribution in [0.3, 0.4) is 0 Å². The Kier molecular flexibility index (Phi) is 4.32. The third-order valence-electron chi connectivity index (χ3n) is 4.69. The zero-order valence-electron chi connectivity index (χ0n) is 12.8. The molecular formula is C17H23N3O2. The summed E-state index contributed by atoms with van der Waals surface area (Å²) in [5.41, 5.74) is 13.2. The lowest BCUT2D eigenvalue weighted by Gasteiger charge is -2.30. The molecule has 2 unspecified atom stereocenters. The third kappa shape index (κ3) is 3.24. The van der Waals surface area contributed by atoms with E-state index in [2.05, 4.69) is 4.99 Å². The van der Waals surface area contributed by atoms with Crippen LogP contribution in [0.1, 0.15) is 54.4 Å². The number of hydrogen-bond donors (Lipinski definition) is 2. The van der Waals surface area contributed by atoms with Crippen molar-refractivity contribution in [3.05, 3.63) is 29.3 Å². The SMILES string of the molecule is NC(N)=Nc1ccc2c(c1)CCCC1CCCCC1OC2=O. The highest BCUT2D eigenvalue weighted by Gasteiger charge is 2.30. The fraction of sp³-hybridized carbons (Fsp3) is 0.529. The summed E-state index contributed by atoms with van der Waals surface area (Å²) < 4.78 is 5.80. The Morgan fingerprint density at radius 2 is 1.91 bits per heavy atom. The molecule has 1 aliphatic heterocycles. The normalized spacial score (nSPS) is 24.8. The van der Waals surface area contributed by atoms with Crippen molar-refractivity contribution >= 4 is 17.6 Å². The lowest BCUT2D eigenvalue weighted by Crippen LogP contribution is -2.29. The van der Waals surface area contributed by atoms with Crippen LogP contribution in [0.15, 0.2) is 23.2 Å². The Balaban J connectivity index is 1.89. The molecule has 4 N–H and O–H groups in total. The molecule has 1 aromatic rings. The summed E-state index contributed by atoms with van der Waals surface area (Å²) in [6, 6.07) is 5.43. The van der Waals surface area contributed by atoms with E-state index in [1.807, 2.05) is 6.07 Å². The lowest BCUT2D eigenvalue weighted by molar-refractivity contribution is 0.000223. The number of aliphatic imine (C=N–C) groups is 1. The molecule has 1 fully saturated rings. The standard InChI is InChI=1S/C17H23N3O2/c18-17(19)20-13-8-9-14-12(10-13)6-3-5-11-4-1-2-7-15(11)22-16(14)21/h8-11,15H,1-7H2,(H4,18,19,20). The van der Waals surface area contributed by atoms with E-state index in [9.17, 15) is 4.79 Å². The Morgan fingerprint density at radius 1 is 1.14 bits per heavy atom. The summed E-state index contributed by atoms with van der Waals surface area (Å²) in [4.78, 5) is 16.6. The monoisotopic (exact) mass is 301 g/mol. The minimum Gasteiger partial charge on any atom is -0.458 e. The van der Waals surface area contributed by atoms with Gasteiger partial charge in [0.25, 0.3) is 0 Å². The first-order valence-corrected chi connectivity index (χ1v) is 8.07. The van der Waals surface area contributed by atoms with Crippen LogP contribution in [0.25, 0.3) is 0 Å². The molecule has 1 saturated carbocycles. The number of nitrogens with two attached hydrogens (primary N) is 2. The van der Waals surface area contributed by atoms with Gasteiger partial charge in [0.2, 0.25) is 0 Å². The maximum absolute atomic E-state index is 12.5. The Morgan fingerprint density at radius 3 is 2.73 bits per heavy atom. The first kappa shape index (κ1) is 14.9. The van der Waals surface area contributed by atoms with Crippen LogP contribution >= 0.6 is 0 Å². The van der Waals surface area contributed by atoms with E-state index in [-0.39, 0.29) is 18.0 Å². The van der Waals surface area contributed by atoms with Crippen molar-refractivity contribution in [1.29, 1.82) is 0 Å². The van der Waals surface area contributed by atoms with E-state index >= 15 is 0 Å². The van der Waals surface area contributed by atoms with Crippen molar-refractivity contribution in [1.82, 2.24) is 0 Å². The van der Waals surface area contributed by atoms with Gasteiger partial charge in [0.1, 0.15) is 6.10 Å². The molecule has 5 heteroatoms. The average molecular weight is 301 g/mol. The fourth-order valence-electron chi connectivity index (χ4n) is 3.62. The minimum absolute atomic E-state index is 0.0246. The molecule has 1 aliphatic carbocycles. The maximum Gasteiger partial charge on any atom is 0.338 e. The van der Waals surface area contributed by atoms with Crippen LogP contribution in [-0.4, -0.2) is 18.0 Å². The van der Waals surface area contributed by atoms with Gasteiger partial charge in [-0.1, -0.05) is 6.42 Å². The molecule has 3 rings (SSSR count). The van der Waals surface area contributed by atoms with Crippen molar-refractivity contribution in [2.75, 3.05) is 0 Å². The predicted octanol–water partition coefficient (Wildman–Crippen LogP) is 2.64. The summed E-state index contributed by atoms with van der Waals surface area (Å²) >= 11 is 0. The van der Waals surface area contributed by atoms with Gasteiger partial charge in [-0.25, -0.2) is 9.79 Å². The van der Waals surface area contributed by atoms with E-state index in [1.165, 1.54) is 12.8 Å². The van der Waals surface area contributed by atoms with Gasteiger partial charge in [-0.2, -0.15) is 0 Å². The zero-order chi connectivity index (χ0) is 15.5. The van der Waals surface area contributed by atoms with Crippen molar-refractivity contribution in [2.45, 2.75) is 51.0 Å². The van der Waals surface area contributed by atoms with Crippen molar-refractivity contribution < 1.29 is 9.53 Å². The number of carbonyl (C=O) groups excluding carboxylic acids is 1. The van der Waals surface area contributed by atoms with Crippen molar-refractivity contribution in [3.8, 4) is 0 Å². The number of nitrogens with zero attached hydrogens (tertiary/aromatic N) is 1. The summed E-state index contributed by atoms with van der Waals surface area (Å²) in [7, 11) is 0. The first-order chi connectivity index (χ1) is 10.6. The number of aryl methyl sites for hydroxylation is 1. The van der Waals surface area contributed by atoms with Crippen LogP contribution < -0.4 is 11.5 Å². The molecule has 0 amide bonds. The van der Waals surface area contributed by atoms with Crippen molar-refractivity contribution in [2.24, 2.45) is 22.4 Å². The molecule has 1 heterocycles. The Labute approximate surface area is 130 Å². The third-order valence-corrected chi connectivity index (χ3v) is 4.69. The number of ether oxygens (including phenoxy) is 1. The molecule has 0 saturated heterocycles. The van der Waals surface area contributed by atoms with Gasteiger partial charge in [0.05, 0.1) is 11.3 Å². The number of benzene rings is 1. The molecule has 2 atom stereocenters. The quantitative estimate of drug-likeness (QED) is 0.474. The molecule has 2 aliphatic rings. The molecule has 0 bridgehead atoms. The molecule has 5 nitrogen and oxygen atoms in total. The van der Waals surface area contributed by atoms with E-state index in [0.29, 0.717) is 17.2 Å². The molecule has 0 spiro atoms. The van der Waals surface area contributed by atoms with Crippen LogP contribution in [-0.2, 0) is 11.2 Å². The largest absolute Gasteiger partial charge is 0.458 e. The summed E-state index contributed by atoms with van der Waals surface area (Å²) in [5, 5.41) is 0. The Hall–Kier alpha value is -2.04. The summed E-state index contributed by atoms with van der Waals surface area (Å²) in [5.74, 6) is 0.339. The summed E-state index contributed by atoms with van der Waals surface area (Å²) in [6.45, 7) is 0. The highest BCUT2D eigenvalue weighted by Crippen LogP contribution is 2.33. The van der Waals surface area contributed by atoms with Gasteiger partial charge in [-0.05, 0) is 68.2 Å². The number of fused-ring (bicyclic) bond motifs is 2. The first-order valence-electron chi connectivity index (χ1n) is 8.07. The molecule has 1 aromatic carbocycles. The maximum atomic E-state index is 12.5. The van der Waals surface area contributed by atoms with Gasteiger partial charge < -0.3 is 16.2 Å². The highest BCUT2D eigenvalue weighted by atomic mass is 16.5. The Bertz CT molecular complexity index is 594. The van der Waals surface area contributed by atoms with E-state index in [4.69, 9.17) is 16.2 Å². The number of hydrogen-bond acceptors (Lipinski definition) is 3. The van der Waals surface area contributed by atoms with Gasteiger partial charge in [0, 0.05) is 0 Å². The smallest absolute Gasteiger partial charge is 0.338 e. The van der Waals surface area contributed by atoms with Gasteiger partial charge in [0.15, 0.2) is 5.96 Å². The van der Waals surface area contributed by atoms with Crippen LogP contribution in [0.4, 0.5) is 5.69 Å².